The van der Waals surface area contributed by atoms with Gasteiger partial charge in [-0.3, -0.25) is 0 Å². The van der Waals surface area contributed by atoms with E-state index in [0.717, 1.165) is 12.8 Å². The fraction of sp³-hybridized carbons (Fsp3) is 0.350. The molecule has 0 saturated heterocycles. The van der Waals surface area contributed by atoms with Crippen molar-refractivity contribution >= 4 is 6.03 Å². The fourth-order valence-corrected chi connectivity index (χ4v) is 2.82. The molecule has 0 bridgehead atoms. The number of benzene rings is 2. The highest BCUT2D eigenvalue weighted by Gasteiger charge is 2.44. The minimum atomic E-state index is -0.295. The first kappa shape index (κ1) is 17.3. The predicted molar refractivity (Wildman–Crippen MR) is 95.3 cm³/mol. The van der Waals surface area contributed by atoms with E-state index in [1.165, 1.54) is 17.7 Å². The lowest BCUT2D eigenvalue weighted by Crippen LogP contribution is -2.42. The third kappa shape index (κ3) is 4.50. The van der Waals surface area contributed by atoms with E-state index in [4.69, 9.17) is 4.74 Å². The molecule has 0 atom stereocenters. The van der Waals surface area contributed by atoms with Crippen LogP contribution >= 0.6 is 0 Å². The van der Waals surface area contributed by atoms with E-state index >= 15 is 0 Å². The molecule has 0 aliphatic heterocycles. The van der Waals surface area contributed by atoms with Crippen molar-refractivity contribution in [3.63, 3.8) is 0 Å². The first-order chi connectivity index (χ1) is 12.1. The van der Waals surface area contributed by atoms with Crippen LogP contribution in [0.5, 0.6) is 5.75 Å². The lowest BCUT2D eigenvalue weighted by Gasteiger charge is -2.21. The van der Waals surface area contributed by atoms with Gasteiger partial charge >= 0.3 is 6.03 Å². The summed E-state index contributed by atoms with van der Waals surface area (Å²) in [7, 11) is 1.74. The van der Waals surface area contributed by atoms with Gasteiger partial charge in [-0.1, -0.05) is 30.3 Å². The molecule has 0 unspecified atom stereocenters. The number of rotatable bonds is 7. The summed E-state index contributed by atoms with van der Waals surface area (Å²) in [5, 5.41) is 3.02. The first-order valence-electron chi connectivity index (χ1n) is 8.52. The number of hydrogen-bond donors (Lipinski definition) is 1. The third-order valence-corrected chi connectivity index (χ3v) is 4.67. The van der Waals surface area contributed by atoms with Gasteiger partial charge in [-0.15, -0.1) is 0 Å². The van der Waals surface area contributed by atoms with Gasteiger partial charge in [0, 0.05) is 19.0 Å². The Labute approximate surface area is 147 Å². The average molecular weight is 342 g/mol. The maximum Gasteiger partial charge on any atom is 0.317 e. The van der Waals surface area contributed by atoms with Crippen molar-refractivity contribution < 1.29 is 13.9 Å². The molecule has 1 aliphatic carbocycles. The van der Waals surface area contributed by atoms with Gasteiger partial charge in [0.15, 0.2) is 0 Å². The maximum atomic E-state index is 12.8. The van der Waals surface area contributed by atoms with Crippen LogP contribution in [0.1, 0.15) is 18.4 Å². The number of halogens is 1. The highest BCUT2D eigenvalue weighted by atomic mass is 19.1. The molecular weight excluding hydrogens is 319 g/mol. The Hall–Kier alpha value is -2.56. The van der Waals surface area contributed by atoms with Gasteiger partial charge in [-0.2, -0.15) is 0 Å². The summed E-state index contributed by atoms with van der Waals surface area (Å²) in [6.45, 7) is 1.47. The van der Waals surface area contributed by atoms with Crippen LogP contribution in [0.3, 0.4) is 0 Å². The second kappa shape index (κ2) is 7.55. The van der Waals surface area contributed by atoms with E-state index in [2.05, 4.69) is 17.4 Å². The summed E-state index contributed by atoms with van der Waals surface area (Å²) in [6, 6.07) is 16.1. The number of ether oxygens (including phenoxy) is 1. The van der Waals surface area contributed by atoms with E-state index in [9.17, 15) is 9.18 Å². The summed E-state index contributed by atoms with van der Waals surface area (Å²) in [5.74, 6) is 0.299. The van der Waals surface area contributed by atoms with E-state index in [1.807, 2.05) is 18.2 Å². The van der Waals surface area contributed by atoms with Crippen molar-refractivity contribution in [3.05, 3.63) is 66.0 Å². The fourth-order valence-electron chi connectivity index (χ4n) is 2.82. The molecule has 25 heavy (non-hydrogen) atoms. The van der Waals surface area contributed by atoms with Crippen molar-refractivity contribution in [2.24, 2.45) is 0 Å². The number of likely N-dealkylation sites (N-methyl/N-ethyl adjacent to an activating group) is 1. The monoisotopic (exact) mass is 342 g/mol. The smallest absolute Gasteiger partial charge is 0.317 e. The van der Waals surface area contributed by atoms with Gasteiger partial charge in [0.2, 0.25) is 0 Å². The average Bonchev–Trinajstić information content (AvgIpc) is 3.43. The van der Waals surface area contributed by atoms with Gasteiger partial charge in [0.05, 0.1) is 6.54 Å². The number of amides is 2. The zero-order valence-corrected chi connectivity index (χ0v) is 14.4. The molecule has 1 fully saturated rings. The molecule has 1 saturated carbocycles. The summed E-state index contributed by atoms with van der Waals surface area (Å²) < 4.78 is 18.4. The van der Waals surface area contributed by atoms with Crippen LogP contribution < -0.4 is 10.1 Å². The lowest BCUT2D eigenvalue weighted by molar-refractivity contribution is 0.194. The summed E-state index contributed by atoms with van der Waals surface area (Å²) >= 11 is 0. The van der Waals surface area contributed by atoms with Crippen molar-refractivity contribution in [1.82, 2.24) is 10.2 Å². The molecular formula is C20H23FN2O2. The largest absolute Gasteiger partial charge is 0.492 e. The Kier molecular flexibility index (Phi) is 5.22. The zero-order chi connectivity index (χ0) is 17.7. The molecule has 1 aliphatic rings. The number of carbonyl (C=O) groups excluding carboxylic acids is 1. The molecule has 3 rings (SSSR count). The molecule has 2 amide bonds. The van der Waals surface area contributed by atoms with Crippen LogP contribution in [0.2, 0.25) is 0 Å². The molecule has 1 N–H and O–H groups in total. The van der Waals surface area contributed by atoms with Gasteiger partial charge in [0.25, 0.3) is 0 Å². The molecule has 0 heterocycles. The van der Waals surface area contributed by atoms with Crippen LogP contribution in [0.25, 0.3) is 0 Å². The van der Waals surface area contributed by atoms with Crippen LogP contribution in [-0.2, 0) is 5.41 Å². The normalized spacial score (nSPS) is 14.6. The number of hydrogen-bond acceptors (Lipinski definition) is 2. The van der Waals surface area contributed by atoms with Gasteiger partial charge < -0.3 is 15.0 Å². The van der Waals surface area contributed by atoms with E-state index < -0.39 is 0 Å². The Morgan fingerprint density at radius 1 is 1.16 bits per heavy atom. The minimum Gasteiger partial charge on any atom is -0.492 e. The molecule has 0 aromatic heterocycles. The Balaban J connectivity index is 1.41. The molecule has 2 aromatic carbocycles. The molecule has 5 heteroatoms. The van der Waals surface area contributed by atoms with Crippen LogP contribution in [0.15, 0.2) is 54.6 Å². The van der Waals surface area contributed by atoms with E-state index in [-0.39, 0.29) is 17.3 Å². The molecule has 2 aromatic rings. The second-order valence-electron chi connectivity index (χ2n) is 6.53. The minimum absolute atomic E-state index is 0.0996. The van der Waals surface area contributed by atoms with Crippen molar-refractivity contribution in [2.45, 2.75) is 18.3 Å². The molecule has 4 nitrogen and oxygen atoms in total. The Bertz CT molecular complexity index is 699. The molecule has 0 spiro atoms. The lowest BCUT2D eigenvalue weighted by atomic mass is 9.96. The van der Waals surface area contributed by atoms with Crippen LogP contribution in [0, 0.1) is 5.82 Å². The topological polar surface area (TPSA) is 41.6 Å². The number of nitrogens with zero attached hydrogens (tertiary/aromatic N) is 1. The zero-order valence-electron chi connectivity index (χ0n) is 14.4. The SMILES string of the molecule is CN(CCOc1ccc(F)cc1)C(=O)NCC1(c2ccccc2)CC1. The van der Waals surface area contributed by atoms with Crippen LogP contribution in [-0.4, -0.2) is 37.7 Å². The number of carbonyl (C=O) groups is 1. The third-order valence-electron chi connectivity index (χ3n) is 4.67. The Morgan fingerprint density at radius 2 is 1.84 bits per heavy atom. The van der Waals surface area contributed by atoms with Crippen LogP contribution in [0.4, 0.5) is 9.18 Å². The summed E-state index contributed by atoms with van der Waals surface area (Å²) in [4.78, 5) is 13.8. The number of nitrogens with one attached hydrogen (secondary N) is 1. The first-order valence-corrected chi connectivity index (χ1v) is 8.52. The van der Waals surface area contributed by atoms with Crippen molar-refractivity contribution in [3.8, 4) is 5.75 Å². The van der Waals surface area contributed by atoms with Crippen molar-refractivity contribution in [1.29, 1.82) is 0 Å². The second-order valence-corrected chi connectivity index (χ2v) is 6.53. The van der Waals surface area contributed by atoms with Gasteiger partial charge in [-0.25, -0.2) is 9.18 Å². The molecule has 0 radical (unpaired) electrons. The van der Waals surface area contributed by atoms with E-state index in [1.54, 1.807) is 24.1 Å². The van der Waals surface area contributed by atoms with Crippen molar-refractivity contribution in [2.75, 3.05) is 26.7 Å². The summed E-state index contributed by atoms with van der Waals surface area (Å²) in [6.07, 6.45) is 2.21. The maximum absolute atomic E-state index is 12.8. The quantitative estimate of drug-likeness (QED) is 0.836. The molecule has 132 valence electrons. The van der Waals surface area contributed by atoms with Gasteiger partial charge in [0.1, 0.15) is 18.2 Å². The van der Waals surface area contributed by atoms with E-state index in [0.29, 0.717) is 25.4 Å². The standard InChI is InChI=1S/C20H23FN2O2/c1-23(13-14-25-18-9-7-17(21)8-10-18)19(24)22-15-20(11-12-20)16-5-3-2-4-6-16/h2-10H,11-15H2,1H3,(H,22,24). The summed E-state index contributed by atoms with van der Waals surface area (Å²) in [5.41, 5.74) is 1.39. The number of urea groups is 1. The Morgan fingerprint density at radius 3 is 2.48 bits per heavy atom. The van der Waals surface area contributed by atoms with Gasteiger partial charge in [-0.05, 0) is 42.7 Å². The highest BCUT2D eigenvalue weighted by molar-refractivity contribution is 5.74. The highest BCUT2D eigenvalue weighted by Crippen LogP contribution is 2.47. The predicted octanol–water partition coefficient (Wildman–Crippen LogP) is 3.58.